The molecule has 0 saturated heterocycles. The van der Waals surface area contributed by atoms with Gasteiger partial charge in [0.2, 0.25) is 0 Å². The Morgan fingerprint density at radius 2 is 1.22 bits per heavy atom. The smallest absolute Gasteiger partial charge is 0.139 e. The van der Waals surface area contributed by atoms with E-state index >= 15 is 0 Å². The SMILES string of the molecule is Cc1cc(C)n2c(NC(C)(C)C)c(-c3cccc(O)c3)nc2c1.Cc1cc(C)n2c(NC(C)(C)C)c(C3CCCCC3)nc2c1. The number of nitrogens with zero attached hydrogens (tertiary/aromatic N) is 4. The maximum atomic E-state index is 9.82. The van der Waals surface area contributed by atoms with Gasteiger partial charge in [0.05, 0.1) is 5.69 Å². The number of hydrogen-bond acceptors (Lipinski definition) is 5. The minimum atomic E-state index is -0.0983. The van der Waals surface area contributed by atoms with Crippen LogP contribution in [0.2, 0.25) is 0 Å². The Kier molecular flexibility index (Phi) is 8.94. The average molecular weight is 609 g/mol. The molecule has 0 unspecified atom stereocenters. The van der Waals surface area contributed by atoms with Crippen molar-refractivity contribution in [1.82, 2.24) is 18.8 Å². The summed E-state index contributed by atoms with van der Waals surface area (Å²) >= 11 is 0. The minimum absolute atomic E-state index is 0.0384. The van der Waals surface area contributed by atoms with Crippen LogP contribution in [0.5, 0.6) is 5.75 Å². The first-order valence-corrected chi connectivity index (χ1v) is 16.4. The summed E-state index contributed by atoms with van der Waals surface area (Å²) in [6, 6.07) is 15.9. The highest BCUT2D eigenvalue weighted by molar-refractivity contribution is 5.78. The summed E-state index contributed by atoms with van der Waals surface area (Å²) in [4.78, 5) is 9.86. The Balaban J connectivity index is 0.000000178. The van der Waals surface area contributed by atoms with Gasteiger partial charge in [0.1, 0.15) is 34.4 Å². The molecule has 1 aliphatic rings. The van der Waals surface area contributed by atoms with E-state index in [0.717, 1.165) is 34.1 Å². The van der Waals surface area contributed by atoms with Gasteiger partial charge in [0.25, 0.3) is 0 Å². The van der Waals surface area contributed by atoms with Crippen molar-refractivity contribution in [3.8, 4) is 17.0 Å². The zero-order chi connectivity index (χ0) is 32.7. The van der Waals surface area contributed by atoms with Crippen LogP contribution in [0.15, 0.2) is 48.5 Å². The molecule has 1 aromatic carbocycles. The van der Waals surface area contributed by atoms with Crippen molar-refractivity contribution >= 4 is 22.9 Å². The van der Waals surface area contributed by atoms with Gasteiger partial charge in [-0.25, -0.2) is 9.97 Å². The van der Waals surface area contributed by atoms with Gasteiger partial charge in [-0.05, 0) is 130 Å². The molecular weight excluding hydrogens is 556 g/mol. The predicted molar refractivity (Wildman–Crippen MR) is 189 cm³/mol. The molecule has 5 aromatic rings. The van der Waals surface area contributed by atoms with Gasteiger partial charge >= 0.3 is 0 Å². The van der Waals surface area contributed by atoms with E-state index in [-0.39, 0.29) is 16.8 Å². The first-order valence-electron chi connectivity index (χ1n) is 16.4. The van der Waals surface area contributed by atoms with Crippen LogP contribution in [0, 0.1) is 27.7 Å². The minimum Gasteiger partial charge on any atom is -0.508 e. The summed E-state index contributed by atoms with van der Waals surface area (Å²) in [7, 11) is 0. The van der Waals surface area contributed by atoms with Crippen molar-refractivity contribution in [1.29, 1.82) is 0 Å². The lowest BCUT2D eigenvalue weighted by Crippen LogP contribution is -2.28. The number of aryl methyl sites for hydroxylation is 4. The average Bonchev–Trinajstić information content (AvgIpc) is 3.45. The maximum absolute atomic E-state index is 9.82. The van der Waals surface area contributed by atoms with Gasteiger partial charge in [-0.1, -0.05) is 31.4 Å². The Morgan fingerprint density at radius 3 is 1.78 bits per heavy atom. The first kappa shape index (κ1) is 32.4. The third kappa shape index (κ3) is 7.46. The van der Waals surface area contributed by atoms with Gasteiger partial charge in [-0.2, -0.15) is 0 Å². The summed E-state index contributed by atoms with van der Waals surface area (Å²) in [5, 5.41) is 17.1. The van der Waals surface area contributed by atoms with Crippen LogP contribution in [0.4, 0.5) is 11.6 Å². The van der Waals surface area contributed by atoms with Gasteiger partial charge in [0, 0.05) is 33.9 Å². The van der Waals surface area contributed by atoms with Crippen LogP contribution in [0.25, 0.3) is 22.6 Å². The Hall–Kier alpha value is -4.00. The van der Waals surface area contributed by atoms with Gasteiger partial charge in [-0.15, -0.1) is 0 Å². The summed E-state index contributed by atoms with van der Waals surface area (Å²) in [6.45, 7) is 21.5. The number of hydrogen-bond donors (Lipinski definition) is 3. The van der Waals surface area contributed by atoms with E-state index in [0.29, 0.717) is 5.92 Å². The number of aromatic hydroxyl groups is 1. The number of pyridine rings is 2. The number of imidazole rings is 2. The maximum Gasteiger partial charge on any atom is 0.139 e. The fraction of sp³-hybridized carbons (Fsp3) is 0.474. The molecule has 240 valence electrons. The highest BCUT2D eigenvalue weighted by Gasteiger charge is 2.26. The number of aromatic nitrogens is 4. The molecule has 45 heavy (non-hydrogen) atoms. The molecule has 7 heteroatoms. The van der Waals surface area contributed by atoms with Gasteiger partial charge in [-0.3, -0.25) is 8.80 Å². The number of anilines is 2. The molecule has 4 aromatic heterocycles. The lowest BCUT2D eigenvalue weighted by molar-refractivity contribution is 0.438. The Labute approximate surface area is 269 Å². The molecule has 1 saturated carbocycles. The fourth-order valence-corrected chi connectivity index (χ4v) is 6.54. The Bertz CT molecular complexity index is 1810. The molecule has 0 amide bonds. The highest BCUT2D eigenvalue weighted by atomic mass is 16.3. The van der Waals surface area contributed by atoms with Crippen LogP contribution < -0.4 is 10.6 Å². The quantitative estimate of drug-likeness (QED) is 0.189. The number of nitrogens with one attached hydrogen (secondary N) is 2. The van der Waals surface area contributed by atoms with E-state index in [1.54, 1.807) is 12.1 Å². The van der Waals surface area contributed by atoms with E-state index in [9.17, 15) is 5.11 Å². The number of phenolic OH excluding ortho intramolecular Hbond substituents is 1. The second-order valence-electron chi connectivity index (χ2n) is 15.0. The molecule has 6 rings (SSSR count). The molecule has 0 atom stereocenters. The summed E-state index contributed by atoms with van der Waals surface area (Å²) < 4.78 is 4.44. The standard InChI is InChI=1S/C19H23N3O.C19H29N3/c1-12-9-13(2)22-16(10-12)20-17(18(22)21-19(3,4)5)14-7-6-8-15(23)11-14;1-13-11-14(2)22-16(12-13)20-17(15-9-7-6-8-10-15)18(22)21-19(3,4)5/h6-11,21,23H,1-5H3;11-12,15,21H,6-10H2,1-5H3. The molecule has 1 fully saturated rings. The fourth-order valence-electron chi connectivity index (χ4n) is 6.54. The van der Waals surface area contributed by atoms with Gasteiger partial charge < -0.3 is 15.7 Å². The van der Waals surface area contributed by atoms with E-state index in [1.165, 1.54) is 60.4 Å². The zero-order valence-electron chi connectivity index (χ0n) is 29.0. The topological polar surface area (TPSA) is 78.9 Å². The lowest BCUT2D eigenvalue weighted by Gasteiger charge is -2.26. The van der Waals surface area contributed by atoms with Crippen molar-refractivity contribution in [2.45, 2.75) is 118 Å². The lowest BCUT2D eigenvalue weighted by atomic mass is 9.87. The van der Waals surface area contributed by atoms with E-state index in [2.05, 4.69) is 113 Å². The van der Waals surface area contributed by atoms with Crippen LogP contribution >= 0.6 is 0 Å². The van der Waals surface area contributed by atoms with Gasteiger partial charge in [0.15, 0.2) is 0 Å². The molecule has 0 spiro atoms. The van der Waals surface area contributed by atoms with Crippen molar-refractivity contribution in [2.24, 2.45) is 0 Å². The molecule has 0 bridgehead atoms. The predicted octanol–water partition coefficient (Wildman–Crippen LogP) is 9.74. The zero-order valence-corrected chi connectivity index (χ0v) is 29.0. The third-order valence-corrected chi connectivity index (χ3v) is 8.22. The van der Waals surface area contributed by atoms with Crippen LogP contribution in [-0.2, 0) is 0 Å². The number of benzene rings is 1. The van der Waals surface area contributed by atoms with Crippen molar-refractivity contribution in [2.75, 3.05) is 10.6 Å². The molecule has 7 nitrogen and oxygen atoms in total. The molecule has 1 aliphatic carbocycles. The summed E-state index contributed by atoms with van der Waals surface area (Å²) in [5.41, 5.74) is 9.83. The Morgan fingerprint density at radius 1 is 0.689 bits per heavy atom. The van der Waals surface area contributed by atoms with E-state index in [1.807, 2.05) is 12.1 Å². The third-order valence-electron chi connectivity index (χ3n) is 8.22. The highest BCUT2D eigenvalue weighted by Crippen LogP contribution is 2.38. The van der Waals surface area contributed by atoms with Crippen LogP contribution in [0.3, 0.4) is 0 Å². The second kappa shape index (κ2) is 12.4. The molecule has 3 N–H and O–H groups in total. The van der Waals surface area contributed by atoms with Crippen molar-refractivity contribution < 1.29 is 5.11 Å². The molecule has 0 aliphatic heterocycles. The first-order chi connectivity index (χ1) is 21.1. The summed E-state index contributed by atoms with van der Waals surface area (Å²) in [5.74, 6) is 3.02. The van der Waals surface area contributed by atoms with E-state index < -0.39 is 0 Å². The van der Waals surface area contributed by atoms with E-state index in [4.69, 9.17) is 9.97 Å². The normalized spacial score (nSPS) is 14.4. The summed E-state index contributed by atoms with van der Waals surface area (Å²) in [6.07, 6.45) is 6.61. The second-order valence-corrected chi connectivity index (χ2v) is 15.0. The molecule has 0 radical (unpaired) electrons. The molecular formula is C38H52N6O. The number of fused-ring (bicyclic) bond motifs is 2. The monoisotopic (exact) mass is 608 g/mol. The number of rotatable bonds is 4. The molecule has 4 heterocycles. The number of phenols is 1. The van der Waals surface area contributed by atoms with Crippen molar-refractivity contribution in [3.63, 3.8) is 0 Å². The van der Waals surface area contributed by atoms with Crippen molar-refractivity contribution in [3.05, 3.63) is 76.7 Å². The largest absolute Gasteiger partial charge is 0.508 e. The van der Waals surface area contributed by atoms with Crippen LogP contribution in [0.1, 0.15) is 108 Å². The van der Waals surface area contributed by atoms with Crippen LogP contribution in [-0.4, -0.2) is 35.0 Å².